The van der Waals surface area contributed by atoms with Crippen LogP contribution in [-0.4, -0.2) is 0 Å². The predicted octanol–water partition coefficient (Wildman–Crippen LogP) is 7.50. The topological polar surface area (TPSA) is 117 Å². The summed E-state index contributed by atoms with van der Waals surface area (Å²) in [5, 5.41) is 0. The predicted molar refractivity (Wildman–Crippen MR) is 127 cm³/mol. The molecule has 0 aliphatic carbocycles. The van der Waals surface area contributed by atoms with E-state index in [0.717, 1.165) is 0 Å². The Balaban J connectivity index is -0.000000334. The smallest absolute Gasteiger partial charge is 0.755 e. The first-order valence-electron chi connectivity index (χ1n) is 9.74. The number of unbranched alkanes of at least 4 members (excludes halogenated alkanes) is 2. The van der Waals surface area contributed by atoms with Gasteiger partial charge in [-0.25, -0.2) is 15.9 Å². The van der Waals surface area contributed by atoms with Crippen molar-refractivity contribution in [3.05, 3.63) is 13.8 Å². The summed E-state index contributed by atoms with van der Waals surface area (Å²) in [6.45, 7) is 16.8. The minimum atomic E-state index is -3.87. The third-order valence-electron chi connectivity index (χ3n) is 3.63. The van der Waals surface area contributed by atoms with Crippen LogP contribution in [0.15, 0.2) is 0 Å². The fourth-order valence-corrected chi connectivity index (χ4v) is 7.43. The normalized spacial score (nSPS) is 19.9. The average Bonchev–Trinajstić information content (AvgIpc) is 3.31. The molecule has 2 atom stereocenters. The minimum Gasteiger partial charge on any atom is -0.755 e. The van der Waals surface area contributed by atoms with Crippen LogP contribution in [0.4, 0.5) is 0 Å². The van der Waals surface area contributed by atoms with Crippen LogP contribution >= 0.6 is 59.9 Å². The summed E-state index contributed by atoms with van der Waals surface area (Å²) >= 11 is 2.80. The second kappa shape index (κ2) is 24.0. The Morgan fingerprint density at radius 3 is 1.10 bits per heavy atom. The largest absolute Gasteiger partial charge is 4.00 e. The van der Waals surface area contributed by atoms with Crippen molar-refractivity contribution in [1.29, 1.82) is 0 Å². The summed E-state index contributed by atoms with van der Waals surface area (Å²) in [5.74, 6) is 1.41. The first kappa shape index (κ1) is 37.8. The van der Waals surface area contributed by atoms with E-state index in [-0.39, 0.29) is 21.1 Å². The maximum absolute atomic E-state index is 9.97. The van der Waals surface area contributed by atoms with Gasteiger partial charge in [0.25, 0.3) is 15.6 Å². The third kappa shape index (κ3) is 28.4. The van der Waals surface area contributed by atoms with Gasteiger partial charge in [-0.3, -0.25) is 9.13 Å². The Morgan fingerprint density at radius 1 is 0.710 bits per heavy atom. The van der Waals surface area contributed by atoms with Gasteiger partial charge in [0, 0.05) is 0 Å². The van der Waals surface area contributed by atoms with E-state index in [9.17, 15) is 18.9 Å². The van der Waals surface area contributed by atoms with E-state index < -0.39 is 15.6 Å². The van der Waals surface area contributed by atoms with Gasteiger partial charge in [0.2, 0.25) is 0 Å². The van der Waals surface area contributed by atoms with Crippen molar-refractivity contribution in [2.45, 2.75) is 79.1 Å². The monoisotopic (exact) mass is 642 g/mol. The molecule has 0 saturated carbocycles. The molecule has 2 fully saturated rings. The molecule has 2 saturated heterocycles. The molecular weight excluding hydrogens is 606 g/mol. The average molecular weight is 641 g/mol. The molecule has 2 unspecified atom stereocenters. The Morgan fingerprint density at radius 2 is 0.968 bits per heavy atom. The number of rotatable bonds is 8. The summed E-state index contributed by atoms with van der Waals surface area (Å²) in [5.41, 5.74) is 0. The molecule has 2 heterocycles. The van der Waals surface area contributed by atoms with Crippen LogP contribution in [0.3, 0.4) is 0 Å². The third-order valence-corrected chi connectivity index (χ3v) is 10.2. The van der Waals surface area contributed by atoms with Gasteiger partial charge >= 0.3 is 21.1 Å². The molecule has 0 N–H and O–H groups in total. The van der Waals surface area contributed by atoms with Gasteiger partial charge in [-0.1, -0.05) is 79.1 Å². The van der Waals surface area contributed by atoms with Gasteiger partial charge in [0.1, 0.15) is 44.3 Å². The fourth-order valence-electron chi connectivity index (χ4n) is 1.62. The van der Waals surface area contributed by atoms with Gasteiger partial charge in [0.05, 0.1) is 0 Å². The number of phosphoric acid groups is 2. The quantitative estimate of drug-likeness (QED) is 0.0860. The van der Waals surface area contributed by atoms with Crippen LogP contribution in [0.25, 0.3) is 0 Å². The van der Waals surface area contributed by atoms with Crippen LogP contribution in [0.2, 0.25) is 0 Å². The van der Waals surface area contributed by atoms with Gasteiger partial charge in [-0.05, 0) is 0 Å². The van der Waals surface area contributed by atoms with Crippen molar-refractivity contribution in [1.82, 2.24) is 0 Å². The molecule has 0 aromatic carbocycles. The van der Waals surface area contributed by atoms with Gasteiger partial charge in [0.15, 0.2) is 0 Å². The van der Waals surface area contributed by atoms with Crippen molar-refractivity contribution in [2.75, 3.05) is 0 Å². The number of hydrogen-bond donors (Lipinski definition) is 0. The van der Waals surface area contributed by atoms with Crippen molar-refractivity contribution in [3.8, 4) is 0 Å². The van der Waals surface area contributed by atoms with Gasteiger partial charge < -0.3 is 23.6 Å². The van der Waals surface area contributed by atoms with Crippen LogP contribution in [0.5, 0.6) is 0 Å². The molecule has 8 nitrogen and oxygen atoms in total. The van der Waals surface area contributed by atoms with Gasteiger partial charge in [-0.2, -0.15) is 11.8 Å². The Bertz CT molecular complexity index is 435. The van der Waals surface area contributed by atoms with Crippen LogP contribution in [0, 0.1) is 25.7 Å². The second-order valence-electron chi connectivity index (χ2n) is 6.30. The van der Waals surface area contributed by atoms with Crippen LogP contribution in [-0.2, 0) is 46.1 Å². The number of hydrogen-bond acceptors (Lipinski definition) is 12. The molecule has 2 aliphatic rings. The van der Waals surface area contributed by atoms with Crippen molar-refractivity contribution < 1.29 is 55.9 Å². The van der Waals surface area contributed by atoms with E-state index >= 15 is 0 Å². The molecule has 0 amide bonds. The zero-order valence-electron chi connectivity index (χ0n) is 18.4. The van der Waals surface area contributed by atoms with E-state index in [0.29, 0.717) is 56.1 Å². The second-order valence-corrected chi connectivity index (χ2v) is 12.6. The zero-order chi connectivity index (χ0) is 23.5. The summed E-state index contributed by atoms with van der Waals surface area (Å²) in [4.78, 5) is 19.9. The molecule has 0 spiro atoms. The maximum atomic E-state index is 9.97. The van der Waals surface area contributed by atoms with E-state index in [2.05, 4.69) is 57.4 Å². The van der Waals surface area contributed by atoms with E-state index in [1.807, 2.05) is 0 Å². The Hall–Kier alpha value is 2.31. The van der Waals surface area contributed by atoms with E-state index in [1.165, 1.54) is 51.4 Å². The van der Waals surface area contributed by atoms with Crippen LogP contribution in [0.1, 0.15) is 79.1 Å². The van der Waals surface area contributed by atoms with Crippen molar-refractivity contribution in [3.63, 3.8) is 0 Å². The molecular formula is C16H34MoO8P2S4. The maximum Gasteiger partial charge on any atom is 4.00 e. The summed E-state index contributed by atoms with van der Waals surface area (Å²) in [6.07, 6.45) is 10.4. The molecule has 0 radical (unpaired) electrons. The first-order valence-corrected chi connectivity index (χ1v) is 16.7. The molecule has 2 aliphatic heterocycles. The molecule has 0 aromatic heterocycles. The Kier molecular flexibility index (Phi) is 29.3. The Labute approximate surface area is 219 Å². The van der Waals surface area contributed by atoms with E-state index in [4.69, 9.17) is 0 Å². The first-order chi connectivity index (χ1) is 14.0. The van der Waals surface area contributed by atoms with E-state index in [1.54, 1.807) is 0 Å². The van der Waals surface area contributed by atoms with Crippen molar-refractivity contribution in [2.24, 2.45) is 11.8 Å². The zero-order valence-corrected chi connectivity index (χ0v) is 25.5. The molecule has 2 rings (SSSR count). The van der Waals surface area contributed by atoms with Crippen molar-refractivity contribution >= 4 is 59.9 Å². The minimum absolute atomic E-state index is 0. The van der Waals surface area contributed by atoms with Gasteiger partial charge in [-0.15, -0.1) is 0 Å². The molecule has 186 valence electrons. The standard InChI is InChI=1S/2C8H17.Mo.2HO4PS2/c2*1-4-6-7-8(3)5-2;;2*1-5(2)3-6-7-4-5/h2*8H,3-7H2,1-2H3;;2*(H,1,2)/q2*-1;+4;;/p-2. The summed E-state index contributed by atoms with van der Waals surface area (Å²) < 4.78 is 35.9. The molecule has 0 aromatic rings. The molecule has 15 heteroatoms. The molecule has 31 heavy (non-hydrogen) atoms. The summed E-state index contributed by atoms with van der Waals surface area (Å²) in [6, 6.07) is 0. The molecule has 0 bridgehead atoms. The summed E-state index contributed by atoms with van der Waals surface area (Å²) in [7, 11) is -7.73. The SMILES string of the molecule is O=P1([O-])OSSO1.O=P1([O-])OSSO1.[CH2-]C(CC)CCCC.[CH2-]C(CC)CCCC.[Mo+4]. The fraction of sp³-hybridized carbons (Fsp3) is 0.875. The van der Waals surface area contributed by atoms with Crippen LogP contribution < -0.4 is 9.79 Å².